The van der Waals surface area contributed by atoms with Crippen molar-refractivity contribution < 1.29 is 26.4 Å². The summed E-state index contributed by atoms with van der Waals surface area (Å²) in [6.45, 7) is 3.33. The molecule has 1 aliphatic rings. The highest BCUT2D eigenvalue weighted by molar-refractivity contribution is 7.89. The molecule has 1 N–H and O–H groups in total. The van der Waals surface area contributed by atoms with Gasteiger partial charge in [0.15, 0.2) is 5.13 Å². The molecule has 1 aliphatic heterocycles. The van der Waals surface area contributed by atoms with Gasteiger partial charge < -0.3 is 9.80 Å². The first-order valence-electron chi connectivity index (χ1n) is 8.68. The van der Waals surface area contributed by atoms with E-state index in [9.17, 15) is 26.4 Å². The van der Waals surface area contributed by atoms with E-state index in [4.69, 9.17) is 0 Å². The van der Waals surface area contributed by atoms with E-state index in [1.165, 1.54) is 16.2 Å². The van der Waals surface area contributed by atoms with Crippen LogP contribution in [0.5, 0.6) is 0 Å². The number of anilines is 1. The van der Waals surface area contributed by atoms with E-state index in [1.807, 2.05) is 17.2 Å². The number of piperazine rings is 1. The van der Waals surface area contributed by atoms with Crippen molar-refractivity contribution >= 4 is 32.4 Å². The number of amides is 1. The Morgan fingerprint density at radius 1 is 1.24 bits per heavy atom. The number of aryl methyl sites for hydroxylation is 1. The van der Waals surface area contributed by atoms with Gasteiger partial charge in [-0.2, -0.15) is 13.2 Å². The lowest BCUT2D eigenvalue weighted by Crippen LogP contribution is -2.51. The lowest BCUT2D eigenvalue weighted by Gasteiger charge is -2.34. The van der Waals surface area contributed by atoms with E-state index in [2.05, 4.69) is 9.71 Å². The van der Waals surface area contributed by atoms with Crippen molar-refractivity contribution in [2.45, 2.75) is 18.0 Å². The molecular weight excluding hydrogens is 429 g/mol. The van der Waals surface area contributed by atoms with E-state index in [-0.39, 0.29) is 0 Å². The molecule has 3 rings (SSSR count). The van der Waals surface area contributed by atoms with Crippen LogP contribution in [0, 0.1) is 6.92 Å². The smallest absolute Gasteiger partial charge is 0.345 e. The first-order chi connectivity index (χ1) is 13.6. The van der Waals surface area contributed by atoms with Gasteiger partial charge in [-0.15, -0.1) is 11.3 Å². The van der Waals surface area contributed by atoms with E-state index >= 15 is 0 Å². The predicted octanol–water partition coefficient (Wildman–Crippen LogP) is 2.10. The number of halogens is 3. The fourth-order valence-corrected chi connectivity index (χ4v) is 4.70. The monoisotopic (exact) mass is 448 g/mol. The first kappa shape index (κ1) is 21.5. The number of nitrogens with zero attached hydrogens (tertiary/aromatic N) is 3. The van der Waals surface area contributed by atoms with Crippen LogP contribution in [0.15, 0.2) is 34.5 Å². The summed E-state index contributed by atoms with van der Waals surface area (Å²) in [5.74, 6) is -0.435. The van der Waals surface area contributed by atoms with Gasteiger partial charge in [-0.25, -0.2) is 18.1 Å². The van der Waals surface area contributed by atoms with Gasteiger partial charge in [0.1, 0.15) is 0 Å². The van der Waals surface area contributed by atoms with E-state index in [0.717, 1.165) is 29.0 Å². The number of carbonyl (C=O) groups is 1. The highest BCUT2D eigenvalue weighted by Crippen LogP contribution is 2.30. The molecule has 0 unspecified atom stereocenters. The van der Waals surface area contributed by atoms with Crippen LogP contribution >= 0.6 is 11.3 Å². The molecule has 0 saturated carbocycles. The van der Waals surface area contributed by atoms with Crippen LogP contribution in [0.2, 0.25) is 0 Å². The highest BCUT2D eigenvalue weighted by atomic mass is 32.2. The summed E-state index contributed by atoms with van der Waals surface area (Å²) in [5, 5.41) is 2.81. The van der Waals surface area contributed by atoms with E-state index < -0.39 is 39.1 Å². The van der Waals surface area contributed by atoms with Crippen LogP contribution in [0.3, 0.4) is 0 Å². The summed E-state index contributed by atoms with van der Waals surface area (Å²) in [6, 6.07) is 3.39. The molecule has 1 aromatic carbocycles. The molecular formula is C17H19F3N4O3S2. The first-order valence-corrected chi connectivity index (χ1v) is 11.0. The van der Waals surface area contributed by atoms with Crippen molar-refractivity contribution in [3.05, 3.63) is 40.9 Å². The number of hydrogen-bond acceptors (Lipinski definition) is 6. The standard InChI is InChI=1S/C17H19F3N4O3S2/c1-12-11-28-16(22-12)24-7-5-23(6-8-24)15(25)10-21-29(26,27)14-4-2-3-13(9-14)17(18,19)20/h2-4,9,11,21H,5-8,10H2,1H3. The van der Waals surface area contributed by atoms with Gasteiger partial charge in [-0.3, -0.25) is 4.79 Å². The van der Waals surface area contributed by atoms with Crippen molar-refractivity contribution in [3.8, 4) is 0 Å². The van der Waals surface area contributed by atoms with Crippen LogP contribution in [-0.4, -0.2) is 56.9 Å². The number of hydrogen-bond donors (Lipinski definition) is 1. The summed E-state index contributed by atoms with van der Waals surface area (Å²) in [5.41, 5.74) is -0.146. The zero-order valence-electron chi connectivity index (χ0n) is 15.4. The molecule has 1 aromatic heterocycles. The number of carbonyl (C=O) groups excluding carboxylic acids is 1. The molecule has 1 amide bonds. The second kappa shape index (κ2) is 8.28. The molecule has 12 heteroatoms. The SMILES string of the molecule is Cc1csc(N2CCN(C(=O)CNS(=O)(=O)c3cccc(C(F)(F)F)c3)CC2)n1. The average Bonchev–Trinajstić information content (AvgIpc) is 3.12. The van der Waals surface area contributed by atoms with E-state index in [0.29, 0.717) is 32.2 Å². The molecule has 29 heavy (non-hydrogen) atoms. The van der Waals surface area contributed by atoms with Gasteiger partial charge in [0.05, 0.1) is 22.7 Å². The van der Waals surface area contributed by atoms with Crippen molar-refractivity contribution in [1.29, 1.82) is 0 Å². The maximum absolute atomic E-state index is 12.8. The fraction of sp³-hybridized carbons (Fsp3) is 0.412. The number of benzene rings is 1. The molecule has 1 saturated heterocycles. The third kappa shape index (κ3) is 5.25. The summed E-state index contributed by atoms with van der Waals surface area (Å²) in [6.07, 6.45) is -4.66. The van der Waals surface area contributed by atoms with Gasteiger partial charge >= 0.3 is 6.18 Å². The summed E-state index contributed by atoms with van der Waals surface area (Å²) < 4.78 is 65.0. The van der Waals surface area contributed by atoms with Crippen molar-refractivity contribution in [2.75, 3.05) is 37.6 Å². The topological polar surface area (TPSA) is 82.6 Å². The molecule has 1 fully saturated rings. The molecule has 7 nitrogen and oxygen atoms in total. The van der Waals surface area contributed by atoms with Crippen molar-refractivity contribution in [3.63, 3.8) is 0 Å². The molecule has 0 spiro atoms. The minimum atomic E-state index is -4.66. The Labute approximate surface area is 170 Å². The zero-order valence-corrected chi connectivity index (χ0v) is 17.1. The number of sulfonamides is 1. The Hall–Kier alpha value is -2.18. The Balaban J connectivity index is 1.56. The lowest BCUT2D eigenvalue weighted by molar-refractivity contribution is -0.137. The Bertz CT molecular complexity index is 984. The van der Waals surface area contributed by atoms with Crippen LogP contribution in [0.1, 0.15) is 11.3 Å². The van der Waals surface area contributed by atoms with Crippen LogP contribution < -0.4 is 9.62 Å². The predicted molar refractivity (Wildman–Crippen MR) is 102 cm³/mol. The lowest BCUT2D eigenvalue weighted by atomic mass is 10.2. The third-order valence-corrected chi connectivity index (χ3v) is 6.81. The number of alkyl halides is 3. The molecule has 158 valence electrons. The summed E-state index contributed by atoms with van der Waals surface area (Å²) in [7, 11) is -4.24. The molecule has 2 aromatic rings. The van der Waals surface area contributed by atoms with Crippen LogP contribution in [0.4, 0.5) is 18.3 Å². The Morgan fingerprint density at radius 3 is 2.52 bits per heavy atom. The van der Waals surface area contributed by atoms with Gasteiger partial charge in [0.2, 0.25) is 15.9 Å². The number of aromatic nitrogens is 1. The van der Waals surface area contributed by atoms with Crippen molar-refractivity contribution in [1.82, 2.24) is 14.6 Å². The molecule has 0 aliphatic carbocycles. The maximum atomic E-state index is 12.8. The number of rotatable bonds is 5. The van der Waals surface area contributed by atoms with E-state index in [1.54, 1.807) is 0 Å². The van der Waals surface area contributed by atoms with Gasteiger partial charge in [0.25, 0.3) is 0 Å². The largest absolute Gasteiger partial charge is 0.416 e. The van der Waals surface area contributed by atoms with Crippen LogP contribution in [-0.2, 0) is 21.0 Å². The molecule has 0 bridgehead atoms. The second-order valence-electron chi connectivity index (χ2n) is 6.49. The quantitative estimate of drug-likeness (QED) is 0.758. The molecule has 0 atom stereocenters. The zero-order chi connectivity index (χ0) is 21.2. The minimum absolute atomic E-state index is 0.406. The number of nitrogens with one attached hydrogen (secondary N) is 1. The Morgan fingerprint density at radius 2 is 1.93 bits per heavy atom. The summed E-state index contributed by atoms with van der Waals surface area (Å²) >= 11 is 1.52. The second-order valence-corrected chi connectivity index (χ2v) is 9.09. The van der Waals surface area contributed by atoms with Crippen LogP contribution in [0.25, 0.3) is 0 Å². The summed E-state index contributed by atoms with van der Waals surface area (Å²) in [4.78, 5) is 19.8. The van der Waals surface area contributed by atoms with Gasteiger partial charge in [0, 0.05) is 31.6 Å². The Kier molecular flexibility index (Phi) is 6.15. The van der Waals surface area contributed by atoms with Gasteiger partial charge in [-0.05, 0) is 25.1 Å². The normalized spacial score (nSPS) is 15.6. The maximum Gasteiger partial charge on any atom is 0.416 e. The highest BCUT2D eigenvalue weighted by Gasteiger charge is 2.32. The molecule has 0 radical (unpaired) electrons. The molecule has 2 heterocycles. The minimum Gasteiger partial charge on any atom is -0.345 e. The van der Waals surface area contributed by atoms with Crippen molar-refractivity contribution in [2.24, 2.45) is 0 Å². The fourth-order valence-electron chi connectivity index (χ4n) is 2.83. The third-order valence-electron chi connectivity index (χ3n) is 4.39. The average molecular weight is 448 g/mol. The van der Waals surface area contributed by atoms with Gasteiger partial charge in [-0.1, -0.05) is 6.07 Å². The number of thiazole rings is 1.